The van der Waals surface area contributed by atoms with E-state index in [0.29, 0.717) is 5.82 Å². The Hall–Kier alpha value is -2.30. The van der Waals surface area contributed by atoms with Crippen molar-refractivity contribution in [2.45, 2.75) is 6.92 Å². The molecule has 0 unspecified atom stereocenters. The summed E-state index contributed by atoms with van der Waals surface area (Å²) < 4.78 is 0. The molecule has 0 spiro atoms. The quantitative estimate of drug-likeness (QED) is 0.713. The molecule has 0 aliphatic rings. The minimum absolute atomic E-state index is 0.0874. The molecule has 0 bridgehead atoms. The minimum atomic E-state index is -0.0874. The van der Waals surface area contributed by atoms with Gasteiger partial charge in [0.1, 0.15) is 5.82 Å². The molecule has 5 nitrogen and oxygen atoms in total. The molecule has 0 atom stereocenters. The van der Waals surface area contributed by atoms with Crippen LogP contribution in [0.15, 0.2) is 30.5 Å². The highest BCUT2D eigenvalue weighted by Crippen LogP contribution is 2.24. The first-order valence-corrected chi connectivity index (χ1v) is 4.83. The largest absolute Gasteiger partial charge is 0.384 e. The van der Waals surface area contributed by atoms with Crippen LogP contribution in [0.2, 0.25) is 0 Å². The number of carbonyl (C=O) groups excluding carboxylic acids is 1. The van der Waals surface area contributed by atoms with Gasteiger partial charge in [0.15, 0.2) is 0 Å². The van der Waals surface area contributed by atoms with E-state index in [0.717, 1.165) is 16.8 Å². The van der Waals surface area contributed by atoms with Gasteiger partial charge in [-0.15, -0.1) is 0 Å². The zero-order chi connectivity index (χ0) is 11.5. The number of aromatic nitrogens is 2. The minimum Gasteiger partial charge on any atom is -0.384 e. The monoisotopic (exact) mass is 216 g/mol. The molecule has 16 heavy (non-hydrogen) atoms. The third kappa shape index (κ3) is 2.03. The molecule has 4 N–H and O–H groups in total. The number of aromatic amines is 1. The first-order valence-electron chi connectivity index (χ1n) is 4.83. The van der Waals surface area contributed by atoms with Gasteiger partial charge in [0, 0.05) is 18.2 Å². The van der Waals surface area contributed by atoms with Crippen molar-refractivity contribution in [1.82, 2.24) is 10.2 Å². The number of anilines is 2. The van der Waals surface area contributed by atoms with Crippen LogP contribution in [0.25, 0.3) is 11.1 Å². The Morgan fingerprint density at radius 1 is 1.38 bits per heavy atom. The molecule has 0 saturated carbocycles. The van der Waals surface area contributed by atoms with E-state index in [1.807, 2.05) is 24.3 Å². The van der Waals surface area contributed by atoms with Crippen LogP contribution in [0.4, 0.5) is 11.5 Å². The molecule has 1 heterocycles. The third-order valence-corrected chi connectivity index (χ3v) is 2.19. The SMILES string of the molecule is CC(=O)Nc1ccc(-c2cn[nH]c2N)cc1. The predicted molar refractivity (Wildman–Crippen MR) is 62.7 cm³/mol. The second-order valence-corrected chi connectivity index (χ2v) is 3.46. The summed E-state index contributed by atoms with van der Waals surface area (Å²) in [6, 6.07) is 7.41. The van der Waals surface area contributed by atoms with Crippen LogP contribution in [0.3, 0.4) is 0 Å². The van der Waals surface area contributed by atoms with Crippen molar-refractivity contribution in [3.05, 3.63) is 30.5 Å². The van der Waals surface area contributed by atoms with Crippen molar-refractivity contribution in [2.24, 2.45) is 0 Å². The number of carbonyl (C=O) groups is 1. The van der Waals surface area contributed by atoms with Gasteiger partial charge in [-0.3, -0.25) is 9.89 Å². The van der Waals surface area contributed by atoms with Crippen molar-refractivity contribution in [3.63, 3.8) is 0 Å². The summed E-state index contributed by atoms with van der Waals surface area (Å²) in [5.74, 6) is 0.447. The fourth-order valence-electron chi connectivity index (χ4n) is 1.46. The summed E-state index contributed by atoms with van der Waals surface area (Å²) in [6.45, 7) is 1.47. The van der Waals surface area contributed by atoms with Crippen LogP contribution in [-0.4, -0.2) is 16.1 Å². The van der Waals surface area contributed by atoms with Crippen LogP contribution in [0.1, 0.15) is 6.92 Å². The first kappa shape index (κ1) is 10.2. The van der Waals surface area contributed by atoms with Crippen molar-refractivity contribution in [1.29, 1.82) is 0 Å². The maximum absolute atomic E-state index is 10.8. The van der Waals surface area contributed by atoms with Gasteiger partial charge in [-0.25, -0.2) is 0 Å². The molecule has 0 aliphatic heterocycles. The predicted octanol–water partition coefficient (Wildman–Crippen LogP) is 1.62. The Labute approximate surface area is 92.7 Å². The smallest absolute Gasteiger partial charge is 0.221 e. The number of hydrogen-bond donors (Lipinski definition) is 3. The third-order valence-electron chi connectivity index (χ3n) is 2.19. The average Bonchev–Trinajstić information content (AvgIpc) is 2.65. The second kappa shape index (κ2) is 4.06. The molecule has 1 aromatic carbocycles. The Morgan fingerprint density at radius 3 is 2.56 bits per heavy atom. The lowest BCUT2D eigenvalue weighted by Crippen LogP contribution is -2.05. The Balaban J connectivity index is 2.26. The van der Waals surface area contributed by atoms with Crippen molar-refractivity contribution in [2.75, 3.05) is 11.1 Å². The van der Waals surface area contributed by atoms with Gasteiger partial charge in [0.25, 0.3) is 0 Å². The molecular weight excluding hydrogens is 204 g/mol. The van der Waals surface area contributed by atoms with Crippen molar-refractivity contribution in [3.8, 4) is 11.1 Å². The molecule has 0 fully saturated rings. The van der Waals surface area contributed by atoms with E-state index in [-0.39, 0.29) is 5.91 Å². The number of amides is 1. The lowest BCUT2D eigenvalue weighted by molar-refractivity contribution is -0.114. The summed E-state index contributed by atoms with van der Waals surface area (Å²) >= 11 is 0. The second-order valence-electron chi connectivity index (χ2n) is 3.46. The molecule has 1 aromatic heterocycles. The topological polar surface area (TPSA) is 83.8 Å². The average molecular weight is 216 g/mol. The molecule has 2 rings (SSSR count). The normalized spacial score (nSPS) is 10.1. The van der Waals surface area contributed by atoms with Crippen LogP contribution in [0.5, 0.6) is 0 Å². The zero-order valence-corrected chi connectivity index (χ0v) is 8.82. The number of nitrogens with zero attached hydrogens (tertiary/aromatic N) is 1. The molecule has 0 radical (unpaired) electrons. The summed E-state index contributed by atoms with van der Waals surface area (Å²) in [6.07, 6.45) is 1.67. The van der Waals surface area contributed by atoms with E-state index in [2.05, 4.69) is 15.5 Å². The summed E-state index contributed by atoms with van der Waals surface area (Å²) in [5, 5.41) is 9.22. The van der Waals surface area contributed by atoms with Crippen LogP contribution < -0.4 is 11.1 Å². The van der Waals surface area contributed by atoms with E-state index in [9.17, 15) is 4.79 Å². The summed E-state index contributed by atoms with van der Waals surface area (Å²) in [5.41, 5.74) is 8.28. The molecule has 5 heteroatoms. The Morgan fingerprint density at radius 2 is 2.06 bits per heavy atom. The molecular formula is C11H12N4O. The van der Waals surface area contributed by atoms with E-state index in [1.165, 1.54) is 6.92 Å². The van der Waals surface area contributed by atoms with E-state index in [4.69, 9.17) is 5.73 Å². The lowest BCUT2D eigenvalue weighted by Gasteiger charge is -2.03. The van der Waals surface area contributed by atoms with Gasteiger partial charge < -0.3 is 11.1 Å². The number of H-pyrrole nitrogens is 1. The molecule has 0 saturated heterocycles. The van der Waals surface area contributed by atoms with Gasteiger partial charge in [-0.2, -0.15) is 5.10 Å². The highest BCUT2D eigenvalue weighted by molar-refractivity contribution is 5.89. The maximum Gasteiger partial charge on any atom is 0.221 e. The number of rotatable bonds is 2. The van der Waals surface area contributed by atoms with Crippen LogP contribution >= 0.6 is 0 Å². The van der Waals surface area contributed by atoms with Gasteiger partial charge in [-0.1, -0.05) is 12.1 Å². The van der Waals surface area contributed by atoms with Crippen molar-refractivity contribution >= 4 is 17.4 Å². The Kier molecular flexibility index (Phi) is 2.59. The standard InChI is InChI=1S/C11H12N4O/c1-7(16)14-9-4-2-8(3-5-9)10-6-13-15-11(10)12/h2-6H,1H3,(H,14,16)(H3,12,13,15). The fraction of sp³-hybridized carbons (Fsp3) is 0.0909. The van der Waals surface area contributed by atoms with E-state index < -0.39 is 0 Å². The number of nitrogens with one attached hydrogen (secondary N) is 2. The van der Waals surface area contributed by atoms with Crippen molar-refractivity contribution < 1.29 is 4.79 Å². The van der Waals surface area contributed by atoms with Gasteiger partial charge >= 0.3 is 0 Å². The van der Waals surface area contributed by atoms with E-state index in [1.54, 1.807) is 6.20 Å². The lowest BCUT2D eigenvalue weighted by atomic mass is 10.1. The highest BCUT2D eigenvalue weighted by Gasteiger charge is 2.04. The zero-order valence-electron chi connectivity index (χ0n) is 8.82. The molecule has 0 aliphatic carbocycles. The number of nitrogens with two attached hydrogens (primary N) is 1. The summed E-state index contributed by atoms with van der Waals surface area (Å²) in [7, 11) is 0. The fourth-order valence-corrected chi connectivity index (χ4v) is 1.46. The maximum atomic E-state index is 10.8. The van der Waals surface area contributed by atoms with Gasteiger partial charge in [-0.05, 0) is 17.7 Å². The van der Waals surface area contributed by atoms with Crippen LogP contribution in [-0.2, 0) is 4.79 Å². The highest BCUT2D eigenvalue weighted by atomic mass is 16.1. The molecule has 82 valence electrons. The van der Waals surface area contributed by atoms with Gasteiger partial charge in [0.2, 0.25) is 5.91 Å². The number of benzene rings is 1. The summed E-state index contributed by atoms with van der Waals surface area (Å²) in [4.78, 5) is 10.8. The molecule has 2 aromatic rings. The van der Waals surface area contributed by atoms with Crippen LogP contribution in [0, 0.1) is 0 Å². The Bertz CT molecular complexity index is 501. The number of hydrogen-bond acceptors (Lipinski definition) is 3. The molecule has 1 amide bonds. The number of nitrogen functional groups attached to an aromatic ring is 1. The first-order chi connectivity index (χ1) is 7.66. The van der Waals surface area contributed by atoms with Gasteiger partial charge in [0.05, 0.1) is 6.20 Å². The van der Waals surface area contributed by atoms with E-state index >= 15 is 0 Å².